The number of nitrogens with one attached hydrogen (secondary N) is 2. The predicted molar refractivity (Wildman–Crippen MR) is 84.2 cm³/mol. The third-order valence-electron chi connectivity index (χ3n) is 3.27. The molecule has 22 heavy (non-hydrogen) atoms. The van der Waals surface area contributed by atoms with E-state index in [1.54, 1.807) is 0 Å². The van der Waals surface area contributed by atoms with Crippen molar-refractivity contribution in [1.82, 2.24) is 10.6 Å². The standard InChI is InChI=1S/C14H30N4O4/c1-9(2)5-10(15)6-17-11(3-4-13(16)20)7-18-12(8-19)14(21)22/h9-12,17-19H,3-8,15H2,1-2H3,(H2,16,20)(H,21,22). The third kappa shape index (κ3) is 10.5. The molecule has 0 aliphatic carbocycles. The molecule has 0 aromatic carbocycles. The first-order chi connectivity index (χ1) is 10.3. The molecule has 0 aliphatic rings. The zero-order chi connectivity index (χ0) is 17.1. The smallest absolute Gasteiger partial charge is 0.323 e. The number of hydrogen-bond acceptors (Lipinski definition) is 6. The maximum absolute atomic E-state index is 10.9. The van der Waals surface area contributed by atoms with Crippen molar-refractivity contribution in [2.45, 2.75) is 51.2 Å². The van der Waals surface area contributed by atoms with Crippen LogP contribution in [0, 0.1) is 5.92 Å². The first-order valence-corrected chi connectivity index (χ1v) is 7.60. The minimum atomic E-state index is -1.12. The van der Waals surface area contributed by atoms with Crippen molar-refractivity contribution in [3.63, 3.8) is 0 Å². The Bertz CT molecular complexity index is 339. The SMILES string of the molecule is CC(C)CC(N)CNC(CCC(N)=O)CNC(CO)C(=O)O. The van der Waals surface area contributed by atoms with Crippen LogP contribution in [-0.2, 0) is 9.59 Å². The van der Waals surface area contributed by atoms with E-state index in [4.69, 9.17) is 21.7 Å². The van der Waals surface area contributed by atoms with Gasteiger partial charge in [-0.15, -0.1) is 0 Å². The lowest BCUT2D eigenvalue weighted by Crippen LogP contribution is -2.49. The van der Waals surface area contributed by atoms with Crippen LogP contribution >= 0.6 is 0 Å². The number of carboxylic acids is 1. The summed E-state index contributed by atoms with van der Waals surface area (Å²) < 4.78 is 0. The summed E-state index contributed by atoms with van der Waals surface area (Å²) in [5.74, 6) is -1.03. The molecule has 0 fully saturated rings. The summed E-state index contributed by atoms with van der Waals surface area (Å²) in [5, 5.41) is 23.9. The molecule has 8 nitrogen and oxygen atoms in total. The number of nitrogens with two attached hydrogens (primary N) is 2. The van der Waals surface area contributed by atoms with Crippen molar-refractivity contribution in [3.05, 3.63) is 0 Å². The van der Waals surface area contributed by atoms with Gasteiger partial charge in [0.1, 0.15) is 6.04 Å². The molecule has 0 saturated heterocycles. The van der Waals surface area contributed by atoms with E-state index in [1.807, 2.05) is 0 Å². The summed E-state index contributed by atoms with van der Waals surface area (Å²) in [6.07, 6.45) is 1.56. The highest BCUT2D eigenvalue weighted by atomic mass is 16.4. The monoisotopic (exact) mass is 318 g/mol. The van der Waals surface area contributed by atoms with Crippen LogP contribution in [0.15, 0.2) is 0 Å². The molecule has 0 bridgehead atoms. The third-order valence-corrected chi connectivity index (χ3v) is 3.27. The van der Waals surface area contributed by atoms with Gasteiger partial charge in [0.15, 0.2) is 0 Å². The molecule has 0 aliphatic heterocycles. The van der Waals surface area contributed by atoms with Crippen LogP contribution in [-0.4, -0.2) is 59.9 Å². The first-order valence-electron chi connectivity index (χ1n) is 7.60. The van der Waals surface area contributed by atoms with E-state index in [1.165, 1.54) is 0 Å². The van der Waals surface area contributed by atoms with Gasteiger partial charge in [-0.3, -0.25) is 9.59 Å². The van der Waals surface area contributed by atoms with Gasteiger partial charge >= 0.3 is 5.97 Å². The molecule has 0 aromatic heterocycles. The van der Waals surface area contributed by atoms with Gasteiger partial charge in [-0.05, 0) is 18.8 Å². The van der Waals surface area contributed by atoms with Gasteiger partial charge in [0.05, 0.1) is 6.61 Å². The molecular formula is C14H30N4O4. The Morgan fingerprint density at radius 2 is 1.82 bits per heavy atom. The number of rotatable bonds is 13. The number of hydrogen-bond donors (Lipinski definition) is 6. The van der Waals surface area contributed by atoms with Crippen molar-refractivity contribution in [2.75, 3.05) is 19.7 Å². The second-order valence-electron chi connectivity index (χ2n) is 5.98. The highest BCUT2D eigenvalue weighted by molar-refractivity contribution is 5.74. The van der Waals surface area contributed by atoms with Crippen LogP contribution in [0.1, 0.15) is 33.1 Å². The lowest BCUT2D eigenvalue weighted by Gasteiger charge is -2.23. The molecule has 0 aromatic rings. The highest BCUT2D eigenvalue weighted by Gasteiger charge is 2.18. The fourth-order valence-electron chi connectivity index (χ4n) is 2.11. The minimum absolute atomic E-state index is 0.0100. The summed E-state index contributed by atoms with van der Waals surface area (Å²) >= 11 is 0. The van der Waals surface area contributed by atoms with Crippen molar-refractivity contribution < 1.29 is 19.8 Å². The van der Waals surface area contributed by atoms with Crippen molar-refractivity contribution in [3.8, 4) is 0 Å². The van der Waals surface area contributed by atoms with Crippen LogP contribution in [0.25, 0.3) is 0 Å². The fraction of sp³-hybridized carbons (Fsp3) is 0.857. The fourth-order valence-corrected chi connectivity index (χ4v) is 2.11. The minimum Gasteiger partial charge on any atom is -0.480 e. The Morgan fingerprint density at radius 1 is 1.18 bits per heavy atom. The molecule has 8 heteroatoms. The lowest BCUT2D eigenvalue weighted by atomic mass is 10.0. The topological polar surface area (TPSA) is 151 Å². The van der Waals surface area contributed by atoms with Gasteiger partial charge in [-0.2, -0.15) is 0 Å². The zero-order valence-corrected chi connectivity index (χ0v) is 13.4. The average molecular weight is 318 g/mol. The lowest BCUT2D eigenvalue weighted by molar-refractivity contribution is -0.140. The second kappa shape index (κ2) is 11.4. The van der Waals surface area contributed by atoms with E-state index in [-0.39, 0.29) is 18.5 Å². The van der Waals surface area contributed by atoms with Crippen molar-refractivity contribution in [1.29, 1.82) is 0 Å². The molecule has 0 rings (SSSR count). The summed E-state index contributed by atoms with van der Waals surface area (Å²) in [6.45, 7) is 4.56. The summed E-state index contributed by atoms with van der Waals surface area (Å²) in [7, 11) is 0. The summed E-state index contributed by atoms with van der Waals surface area (Å²) in [5.41, 5.74) is 11.1. The van der Waals surface area contributed by atoms with Gasteiger partial charge in [0.2, 0.25) is 5.91 Å². The van der Waals surface area contributed by atoms with E-state index in [9.17, 15) is 9.59 Å². The van der Waals surface area contributed by atoms with Gasteiger partial charge in [-0.1, -0.05) is 13.8 Å². The van der Waals surface area contributed by atoms with E-state index in [2.05, 4.69) is 24.5 Å². The number of carbonyl (C=O) groups excluding carboxylic acids is 1. The van der Waals surface area contributed by atoms with E-state index < -0.39 is 24.5 Å². The van der Waals surface area contributed by atoms with Gasteiger partial charge in [0, 0.05) is 31.6 Å². The summed E-state index contributed by atoms with van der Waals surface area (Å²) in [6, 6.07) is -1.18. The molecule has 0 spiro atoms. The Hall–Kier alpha value is -1.22. The molecule has 0 heterocycles. The molecule has 0 saturated carbocycles. The van der Waals surface area contributed by atoms with Crippen LogP contribution < -0.4 is 22.1 Å². The van der Waals surface area contributed by atoms with Crippen LogP contribution in [0.2, 0.25) is 0 Å². The molecular weight excluding hydrogens is 288 g/mol. The Kier molecular flexibility index (Phi) is 10.7. The molecule has 3 atom stereocenters. The number of primary amides is 1. The van der Waals surface area contributed by atoms with Crippen molar-refractivity contribution >= 4 is 11.9 Å². The predicted octanol–water partition coefficient (Wildman–Crippen LogP) is -1.38. The van der Waals surface area contributed by atoms with Gasteiger partial charge < -0.3 is 32.3 Å². The Labute approximate surface area is 131 Å². The van der Waals surface area contributed by atoms with Crippen LogP contribution in [0.4, 0.5) is 0 Å². The van der Waals surface area contributed by atoms with E-state index >= 15 is 0 Å². The van der Waals surface area contributed by atoms with Crippen LogP contribution in [0.3, 0.4) is 0 Å². The van der Waals surface area contributed by atoms with E-state index in [0.29, 0.717) is 25.4 Å². The number of aliphatic hydroxyl groups excluding tert-OH is 1. The summed E-state index contributed by atoms with van der Waals surface area (Å²) in [4.78, 5) is 21.8. The molecule has 3 unspecified atom stereocenters. The number of aliphatic carboxylic acids is 1. The largest absolute Gasteiger partial charge is 0.480 e. The normalized spacial score (nSPS) is 15.5. The molecule has 1 amide bonds. The molecule has 130 valence electrons. The Balaban J connectivity index is 4.35. The number of carboxylic acid groups (broad SMARTS) is 1. The second-order valence-corrected chi connectivity index (χ2v) is 5.98. The zero-order valence-electron chi connectivity index (χ0n) is 13.4. The quantitative estimate of drug-likeness (QED) is 0.245. The molecule has 0 radical (unpaired) electrons. The first kappa shape index (κ1) is 20.8. The highest BCUT2D eigenvalue weighted by Crippen LogP contribution is 2.03. The number of carbonyl (C=O) groups is 2. The number of aliphatic hydroxyl groups is 1. The molecule has 8 N–H and O–H groups in total. The number of amides is 1. The van der Waals surface area contributed by atoms with E-state index in [0.717, 1.165) is 6.42 Å². The average Bonchev–Trinajstić information content (AvgIpc) is 2.40. The Morgan fingerprint density at radius 3 is 2.27 bits per heavy atom. The van der Waals surface area contributed by atoms with Crippen LogP contribution in [0.5, 0.6) is 0 Å². The van der Waals surface area contributed by atoms with Gasteiger partial charge in [0.25, 0.3) is 0 Å². The maximum atomic E-state index is 10.9. The van der Waals surface area contributed by atoms with Crippen molar-refractivity contribution in [2.24, 2.45) is 17.4 Å². The maximum Gasteiger partial charge on any atom is 0.323 e. The van der Waals surface area contributed by atoms with Gasteiger partial charge in [-0.25, -0.2) is 0 Å².